The van der Waals surface area contributed by atoms with Crippen LogP contribution in [0.4, 0.5) is 18.9 Å². The highest BCUT2D eigenvalue weighted by Crippen LogP contribution is 2.39. The number of aryl methyl sites for hydroxylation is 1. The molecule has 0 fully saturated rings. The largest absolute Gasteiger partial charge is 0.425 e. The van der Waals surface area contributed by atoms with Gasteiger partial charge in [0.1, 0.15) is 10.6 Å². The fourth-order valence-corrected chi connectivity index (χ4v) is 2.35. The maximum absolute atomic E-state index is 12.4. The minimum Gasteiger partial charge on any atom is -0.396 e. The number of nitrogens with zero attached hydrogens (tertiary/aromatic N) is 2. The summed E-state index contributed by atoms with van der Waals surface area (Å²) in [6.07, 6.45) is -2.89. The number of anilines is 1. The molecule has 0 saturated carbocycles. The molecule has 2 rings (SSSR count). The topological polar surface area (TPSA) is 43.8 Å². The maximum atomic E-state index is 12.4. The van der Waals surface area contributed by atoms with Crippen LogP contribution in [0.2, 0.25) is 0 Å². The lowest BCUT2D eigenvalue weighted by atomic mass is 10.3. The van der Waals surface area contributed by atoms with Crippen LogP contribution in [0.3, 0.4) is 0 Å². The van der Waals surface area contributed by atoms with Gasteiger partial charge in [0.15, 0.2) is 0 Å². The first-order valence-electron chi connectivity index (χ1n) is 4.34. The quantitative estimate of drug-likeness (QED) is 0.842. The number of rotatable bonds is 1. The number of nitrogens with two attached hydrogens (primary N) is 1. The molecule has 2 aromatic heterocycles. The van der Waals surface area contributed by atoms with E-state index in [-0.39, 0.29) is 0 Å². The van der Waals surface area contributed by atoms with Crippen LogP contribution in [0.1, 0.15) is 4.88 Å². The molecule has 0 aliphatic carbocycles. The Morgan fingerprint density at radius 3 is 2.50 bits per heavy atom. The number of halogens is 3. The number of aromatic nitrogens is 2. The van der Waals surface area contributed by atoms with Crippen molar-refractivity contribution in [3.8, 4) is 10.6 Å². The molecule has 0 saturated heterocycles. The summed E-state index contributed by atoms with van der Waals surface area (Å²) in [6, 6.07) is 2.45. The summed E-state index contributed by atoms with van der Waals surface area (Å²) in [5.74, 6) is 0. The lowest BCUT2D eigenvalue weighted by Gasteiger charge is -2.02. The van der Waals surface area contributed by atoms with E-state index < -0.39 is 11.1 Å². The average Bonchev–Trinajstić information content (AvgIpc) is 2.72. The fourth-order valence-electron chi connectivity index (χ4n) is 1.37. The van der Waals surface area contributed by atoms with Gasteiger partial charge >= 0.3 is 6.18 Å². The number of nitrogen functional groups attached to an aromatic ring is 1. The summed E-state index contributed by atoms with van der Waals surface area (Å²) in [6.45, 7) is 0. The van der Waals surface area contributed by atoms with E-state index in [1.54, 1.807) is 7.05 Å². The van der Waals surface area contributed by atoms with Crippen LogP contribution < -0.4 is 5.73 Å². The van der Waals surface area contributed by atoms with Crippen LogP contribution in [-0.2, 0) is 13.2 Å². The number of thiophene rings is 1. The summed E-state index contributed by atoms with van der Waals surface area (Å²) in [7, 11) is 1.64. The van der Waals surface area contributed by atoms with Gasteiger partial charge in [-0.25, -0.2) is 0 Å². The average molecular weight is 247 g/mol. The second-order valence-electron chi connectivity index (χ2n) is 3.23. The molecule has 2 N–H and O–H groups in total. The van der Waals surface area contributed by atoms with Gasteiger partial charge in [-0.05, 0) is 12.1 Å². The van der Waals surface area contributed by atoms with E-state index in [2.05, 4.69) is 5.10 Å². The van der Waals surface area contributed by atoms with Crippen molar-refractivity contribution in [1.82, 2.24) is 9.78 Å². The Hall–Kier alpha value is -1.50. The predicted molar refractivity (Wildman–Crippen MR) is 55.9 cm³/mol. The molecule has 0 spiro atoms. The Kier molecular flexibility index (Phi) is 2.42. The van der Waals surface area contributed by atoms with Crippen LogP contribution in [-0.4, -0.2) is 9.78 Å². The van der Waals surface area contributed by atoms with E-state index in [4.69, 9.17) is 5.73 Å². The van der Waals surface area contributed by atoms with E-state index in [0.717, 1.165) is 6.07 Å². The molecule has 0 unspecified atom stereocenters. The molecule has 0 aromatic carbocycles. The Bertz CT molecular complexity index is 493. The summed E-state index contributed by atoms with van der Waals surface area (Å²) in [4.78, 5) is -0.173. The highest BCUT2D eigenvalue weighted by atomic mass is 32.1. The van der Waals surface area contributed by atoms with Crippen LogP contribution >= 0.6 is 11.3 Å². The summed E-state index contributed by atoms with van der Waals surface area (Å²) in [5, 5.41) is 3.88. The van der Waals surface area contributed by atoms with Crippen molar-refractivity contribution in [3.63, 3.8) is 0 Å². The van der Waals surface area contributed by atoms with Crippen molar-refractivity contribution >= 4 is 17.0 Å². The number of hydrogen-bond acceptors (Lipinski definition) is 3. The first kappa shape index (κ1) is 11.0. The van der Waals surface area contributed by atoms with Gasteiger partial charge in [-0.15, -0.1) is 11.3 Å². The highest BCUT2D eigenvalue weighted by molar-refractivity contribution is 7.15. The Labute approximate surface area is 93.3 Å². The first-order chi connectivity index (χ1) is 7.39. The molecule has 0 amide bonds. The van der Waals surface area contributed by atoms with E-state index in [1.165, 1.54) is 16.9 Å². The molecule has 0 atom stereocenters. The predicted octanol–water partition coefficient (Wildman–Crippen LogP) is 2.75. The van der Waals surface area contributed by atoms with Gasteiger partial charge in [0.25, 0.3) is 0 Å². The van der Waals surface area contributed by atoms with E-state index in [9.17, 15) is 13.2 Å². The molecule has 7 heteroatoms. The van der Waals surface area contributed by atoms with E-state index in [0.29, 0.717) is 27.6 Å². The molecule has 0 aliphatic rings. The summed E-state index contributed by atoms with van der Waals surface area (Å²) >= 11 is 0.660. The van der Waals surface area contributed by atoms with Crippen LogP contribution in [0.25, 0.3) is 10.6 Å². The maximum Gasteiger partial charge on any atom is 0.425 e. The smallest absolute Gasteiger partial charge is 0.396 e. The Morgan fingerprint density at radius 1 is 1.38 bits per heavy atom. The van der Waals surface area contributed by atoms with Crippen molar-refractivity contribution in [2.75, 3.05) is 5.73 Å². The number of hydrogen-bond donors (Lipinski definition) is 1. The summed E-state index contributed by atoms with van der Waals surface area (Å²) < 4.78 is 38.7. The fraction of sp³-hybridized carbons (Fsp3) is 0.222. The molecule has 2 heterocycles. The van der Waals surface area contributed by atoms with Gasteiger partial charge in [-0.3, -0.25) is 4.68 Å². The van der Waals surface area contributed by atoms with Gasteiger partial charge in [0, 0.05) is 7.05 Å². The molecule has 0 aliphatic heterocycles. The van der Waals surface area contributed by atoms with E-state index >= 15 is 0 Å². The first-order valence-corrected chi connectivity index (χ1v) is 5.16. The lowest BCUT2D eigenvalue weighted by molar-refractivity contribution is -0.134. The van der Waals surface area contributed by atoms with Crippen molar-refractivity contribution in [2.45, 2.75) is 6.18 Å². The normalized spacial score (nSPS) is 12.0. The standard InChI is InChI=1S/C9H8F3N3S/c1-15-8(5(13)4-14-15)6-2-3-7(16-6)9(10,11)12/h2-4H,13H2,1H3. The van der Waals surface area contributed by atoms with Crippen LogP contribution in [0.15, 0.2) is 18.3 Å². The van der Waals surface area contributed by atoms with Gasteiger partial charge in [-0.1, -0.05) is 0 Å². The zero-order valence-corrected chi connectivity index (χ0v) is 9.06. The van der Waals surface area contributed by atoms with Gasteiger partial charge < -0.3 is 5.73 Å². The molecule has 16 heavy (non-hydrogen) atoms. The molecule has 3 nitrogen and oxygen atoms in total. The molecule has 0 bridgehead atoms. The van der Waals surface area contributed by atoms with Crippen LogP contribution in [0, 0.1) is 0 Å². The van der Waals surface area contributed by atoms with Crippen molar-refractivity contribution in [3.05, 3.63) is 23.2 Å². The third-order valence-corrected chi connectivity index (χ3v) is 3.22. The van der Waals surface area contributed by atoms with Gasteiger partial charge in [-0.2, -0.15) is 18.3 Å². The lowest BCUT2D eigenvalue weighted by Crippen LogP contribution is -2.00. The van der Waals surface area contributed by atoms with E-state index in [1.807, 2.05) is 0 Å². The number of alkyl halides is 3. The Morgan fingerprint density at radius 2 is 2.06 bits per heavy atom. The van der Waals surface area contributed by atoms with Crippen molar-refractivity contribution in [2.24, 2.45) is 7.05 Å². The minimum atomic E-state index is -4.31. The van der Waals surface area contributed by atoms with Gasteiger partial charge in [0.05, 0.1) is 16.8 Å². The zero-order chi connectivity index (χ0) is 11.9. The SMILES string of the molecule is Cn1ncc(N)c1-c1ccc(C(F)(F)F)s1. The monoisotopic (exact) mass is 247 g/mol. The zero-order valence-electron chi connectivity index (χ0n) is 8.25. The highest BCUT2D eigenvalue weighted by Gasteiger charge is 2.32. The molecule has 2 aromatic rings. The van der Waals surface area contributed by atoms with Crippen molar-refractivity contribution < 1.29 is 13.2 Å². The molecule has 0 radical (unpaired) electrons. The minimum absolute atomic E-state index is 0.373. The third-order valence-electron chi connectivity index (χ3n) is 2.09. The summed E-state index contributed by atoms with van der Waals surface area (Å²) in [5.41, 5.74) is 6.52. The van der Waals surface area contributed by atoms with Crippen molar-refractivity contribution in [1.29, 1.82) is 0 Å². The third kappa shape index (κ3) is 1.78. The molecular formula is C9H8F3N3S. The Balaban J connectivity index is 2.47. The van der Waals surface area contributed by atoms with Crippen LogP contribution in [0.5, 0.6) is 0 Å². The second-order valence-corrected chi connectivity index (χ2v) is 4.32. The molecule has 86 valence electrons. The second kappa shape index (κ2) is 3.51. The molecular weight excluding hydrogens is 239 g/mol. The van der Waals surface area contributed by atoms with Gasteiger partial charge in [0.2, 0.25) is 0 Å².